The van der Waals surface area contributed by atoms with Crippen molar-refractivity contribution in [3.63, 3.8) is 0 Å². The summed E-state index contributed by atoms with van der Waals surface area (Å²) in [5.41, 5.74) is 2.84. The van der Waals surface area contributed by atoms with E-state index in [9.17, 15) is 4.79 Å². The fourth-order valence-electron chi connectivity index (χ4n) is 5.23. The van der Waals surface area contributed by atoms with E-state index in [1.807, 2.05) is 0 Å². The predicted molar refractivity (Wildman–Crippen MR) is 85.1 cm³/mol. The molecule has 2 saturated carbocycles. The quantitative estimate of drug-likeness (QED) is 0.776. The maximum Gasteiger partial charge on any atom is 0.139 e. The lowest BCUT2D eigenvalue weighted by atomic mass is 9.65. The molecule has 0 saturated heterocycles. The topological polar surface area (TPSA) is 17.1 Å². The molecule has 112 valence electrons. The van der Waals surface area contributed by atoms with Crippen LogP contribution in [0.5, 0.6) is 0 Å². The Morgan fingerprint density at radius 1 is 0.810 bits per heavy atom. The average molecular weight is 282 g/mol. The maximum absolute atomic E-state index is 12.9. The second-order valence-electron chi connectivity index (χ2n) is 7.59. The van der Waals surface area contributed by atoms with Crippen LogP contribution in [0.15, 0.2) is 24.3 Å². The third-order valence-electron chi connectivity index (χ3n) is 6.40. The van der Waals surface area contributed by atoms with E-state index in [4.69, 9.17) is 0 Å². The monoisotopic (exact) mass is 282 g/mol. The molecule has 0 bridgehead atoms. The molecule has 3 aliphatic carbocycles. The lowest BCUT2D eigenvalue weighted by Crippen LogP contribution is -2.34. The van der Waals surface area contributed by atoms with Crippen molar-refractivity contribution < 1.29 is 4.79 Å². The molecule has 4 rings (SSSR count). The molecule has 3 atom stereocenters. The normalized spacial score (nSPS) is 32.5. The van der Waals surface area contributed by atoms with Gasteiger partial charge in [-0.25, -0.2) is 0 Å². The van der Waals surface area contributed by atoms with E-state index in [-0.39, 0.29) is 5.92 Å². The van der Waals surface area contributed by atoms with Crippen LogP contribution in [0.4, 0.5) is 0 Å². The predicted octanol–water partition coefficient (Wildman–Crippen LogP) is 4.58. The van der Waals surface area contributed by atoms with E-state index < -0.39 is 0 Å². The lowest BCUT2D eigenvalue weighted by molar-refractivity contribution is -0.128. The number of hydrogen-bond donors (Lipinski definition) is 0. The van der Waals surface area contributed by atoms with E-state index in [0.717, 1.165) is 24.7 Å². The van der Waals surface area contributed by atoms with Crippen molar-refractivity contribution in [3.05, 3.63) is 35.4 Å². The molecule has 21 heavy (non-hydrogen) atoms. The second kappa shape index (κ2) is 5.59. The van der Waals surface area contributed by atoms with E-state index in [2.05, 4.69) is 24.3 Å². The Morgan fingerprint density at radius 2 is 1.48 bits per heavy atom. The molecule has 1 nitrogen and oxygen atoms in total. The first kappa shape index (κ1) is 13.5. The number of ketones is 1. The molecule has 1 heteroatoms. The van der Waals surface area contributed by atoms with Crippen molar-refractivity contribution in [1.82, 2.24) is 0 Å². The van der Waals surface area contributed by atoms with Crippen molar-refractivity contribution in [2.45, 2.75) is 57.8 Å². The molecule has 1 aromatic rings. The van der Waals surface area contributed by atoms with Crippen molar-refractivity contribution >= 4 is 5.78 Å². The number of rotatable bonds is 2. The van der Waals surface area contributed by atoms with Gasteiger partial charge in [-0.1, -0.05) is 49.9 Å². The summed E-state index contributed by atoms with van der Waals surface area (Å²) >= 11 is 0. The first-order valence-electron chi connectivity index (χ1n) is 8.92. The Hall–Kier alpha value is -1.11. The summed E-state index contributed by atoms with van der Waals surface area (Å²) in [6.45, 7) is 0. The number of carbonyl (C=O) groups is 1. The average Bonchev–Trinajstić information content (AvgIpc) is 2.97. The summed E-state index contributed by atoms with van der Waals surface area (Å²) in [7, 11) is 0. The van der Waals surface area contributed by atoms with Crippen molar-refractivity contribution in [2.24, 2.45) is 23.7 Å². The van der Waals surface area contributed by atoms with Gasteiger partial charge in [0.05, 0.1) is 0 Å². The zero-order chi connectivity index (χ0) is 14.2. The first-order valence-corrected chi connectivity index (χ1v) is 8.92. The summed E-state index contributed by atoms with van der Waals surface area (Å²) in [5.74, 6) is 3.07. The van der Waals surface area contributed by atoms with Crippen molar-refractivity contribution in [3.8, 4) is 0 Å². The molecule has 2 fully saturated rings. The molecule has 3 unspecified atom stereocenters. The molecule has 0 spiro atoms. The Bertz CT molecular complexity index is 507. The van der Waals surface area contributed by atoms with Gasteiger partial charge in [0.25, 0.3) is 0 Å². The minimum atomic E-state index is 0.285. The molecule has 0 aromatic heterocycles. The van der Waals surface area contributed by atoms with Crippen LogP contribution in [0.2, 0.25) is 0 Å². The van der Waals surface area contributed by atoms with Crippen LogP contribution in [0, 0.1) is 23.7 Å². The van der Waals surface area contributed by atoms with E-state index in [1.54, 1.807) is 0 Å². The van der Waals surface area contributed by atoms with Crippen LogP contribution in [-0.2, 0) is 17.6 Å². The minimum absolute atomic E-state index is 0.285. The van der Waals surface area contributed by atoms with E-state index in [1.165, 1.54) is 56.1 Å². The van der Waals surface area contributed by atoms with Gasteiger partial charge < -0.3 is 0 Å². The van der Waals surface area contributed by atoms with E-state index >= 15 is 0 Å². The maximum atomic E-state index is 12.9. The summed E-state index contributed by atoms with van der Waals surface area (Å²) in [4.78, 5) is 12.9. The van der Waals surface area contributed by atoms with Gasteiger partial charge in [0.1, 0.15) is 5.78 Å². The van der Waals surface area contributed by atoms with Gasteiger partial charge in [-0.2, -0.15) is 0 Å². The summed E-state index contributed by atoms with van der Waals surface area (Å²) in [5, 5.41) is 0. The van der Waals surface area contributed by atoms with Gasteiger partial charge >= 0.3 is 0 Å². The molecule has 0 radical (unpaired) electrons. The van der Waals surface area contributed by atoms with Gasteiger partial charge in [-0.05, 0) is 55.1 Å². The molecule has 1 aromatic carbocycles. The van der Waals surface area contributed by atoms with Crippen LogP contribution in [0.25, 0.3) is 0 Å². The van der Waals surface area contributed by atoms with Crippen molar-refractivity contribution in [1.29, 1.82) is 0 Å². The van der Waals surface area contributed by atoms with Gasteiger partial charge in [-0.3, -0.25) is 4.79 Å². The molecule has 0 N–H and O–H groups in total. The highest BCUT2D eigenvalue weighted by Crippen LogP contribution is 2.44. The van der Waals surface area contributed by atoms with Crippen LogP contribution in [-0.4, -0.2) is 5.78 Å². The summed E-state index contributed by atoms with van der Waals surface area (Å²) in [6, 6.07) is 8.64. The number of fused-ring (bicyclic) bond motifs is 2. The Labute approximate surface area is 128 Å². The largest absolute Gasteiger partial charge is 0.299 e. The van der Waals surface area contributed by atoms with E-state index in [0.29, 0.717) is 11.7 Å². The second-order valence-corrected chi connectivity index (χ2v) is 7.59. The molecule has 0 heterocycles. The molecule has 0 amide bonds. The standard InChI is InChI=1S/C20H26O/c21-20(19-12-16-7-3-4-8-17(16)13-19)18-10-9-14-5-1-2-6-15(14)11-18/h3-4,7-8,14-15,18-19H,1-2,5-6,9-13H2. The molecular formula is C20H26O. The van der Waals surface area contributed by atoms with Gasteiger partial charge in [0.15, 0.2) is 0 Å². The SMILES string of the molecule is O=C(C1Cc2ccccc2C1)C1CCC2CCCCC2C1. The number of Topliss-reactive ketones (excluding diaryl/α,β-unsaturated/α-hetero) is 1. The Kier molecular flexibility index (Phi) is 3.61. The first-order chi connectivity index (χ1) is 10.3. The number of benzene rings is 1. The van der Waals surface area contributed by atoms with Gasteiger partial charge in [0.2, 0.25) is 0 Å². The highest BCUT2D eigenvalue weighted by molar-refractivity contribution is 5.85. The number of hydrogen-bond acceptors (Lipinski definition) is 1. The summed E-state index contributed by atoms with van der Waals surface area (Å²) in [6.07, 6.45) is 11.3. The van der Waals surface area contributed by atoms with Crippen LogP contribution < -0.4 is 0 Å². The van der Waals surface area contributed by atoms with Gasteiger partial charge in [-0.15, -0.1) is 0 Å². The Morgan fingerprint density at radius 3 is 2.19 bits per heavy atom. The van der Waals surface area contributed by atoms with Crippen LogP contribution >= 0.6 is 0 Å². The molecular weight excluding hydrogens is 256 g/mol. The van der Waals surface area contributed by atoms with Crippen LogP contribution in [0.1, 0.15) is 56.1 Å². The smallest absolute Gasteiger partial charge is 0.139 e. The fourth-order valence-corrected chi connectivity index (χ4v) is 5.23. The fraction of sp³-hybridized carbons (Fsp3) is 0.650. The summed E-state index contributed by atoms with van der Waals surface area (Å²) < 4.78 is 0. The number of carbonyl (C=O) groups excluding carboxylic acids is 1. The van der Waals surface area contributed by atoms with Gasteiger partial charge in [0, 0.05) is 11.8 Å². The zero-order valence-electron chi connectivity index (χ0n) is 12.9. The zero-order valence-corrected chi connectivity index (χ0v) is 12.9. The minimum Gasteiger partial charge on any atom is -0.299 e. The highest BCUT2D eigenvalue weighted by atomic mass is 16.1. The van der Waals surface area contributed by atoms with Crippen LogP contribution in [0.3, 0.4) is 0 Å². The lowest BCUT2D eigenvalue weighted by Gasteiger charge is -2.39. The van der Waals surface area contributed by atoms with Crippen molar-refractivity contribution in [2.75, 3.05) is 0 Å². The molecule has 0 aliphatic heterocycles. The highest BCUT2D eigenvalue weighted by Gasteiger charge is 2.38. The molecule has 3 aliphatic rings. The third-order valence-corrected chi connectivity index (χ3v) is 6.40. The third kappa shape index (κ3) is 2.56. The Balaban J connectivity index is 1.42.